The summed E-state index contributed by atoms with van der Waals surface area (Å²) in [5, 5.41) is 13.9. The van der Waals surface area contributed by atoms with E-state index in [9.17, 15) is 9.59 Å². The molecule has 3 rings (SSSR count). The van der Waals surface area contributed by atoms with Gasteiger partial charge in [-0.2, -0.15) is 0 Å². The molecule has 1 aliphatic carbocycles. The van der Waals surface area contributed by atoms with E-state index in [-0.39, 0.29) is 11.8 Å². The molecule has 7 heteroatoms. The summed E-state index contributed by atoms with van der Waals surface area (Å²) in [5.74, 6) is -0.397. The van der Waals surface area contributed by atoms with Gasteiger partial charge in [0.1, 0.15) is 0 Å². The summed E-state index contributed by atoms with van der Waals surface area (Å²) in [6.45, 7) is 3.93. The summed E-state index contributed by atoms with van der Waals surface area (Å²) in [4.78, 5) is 24.8. The van der Waals surface area contributed by atoms with Gasteiger partial charge in [-0.05, 0) is 31.1 Å². The van der Waals surface area contributed by atoms with Crippen molar-refractivity contribution in [1.29, 1.82) is 0 Å². The molecule has 1 fully saturated rings. The number of benzene rings is 1. The van der Waals surface area contributed by atoms with Gasteiger partial charge in [0.15, 0.2) is 0 Å². The number of carbonyl (C=O) groups excluding carboxylic acids is 2. The van der Waals surface area contributed by atoms with Crippen molar-refractivity contribution in [3.05, 3.63) is 54.9 Å². The van der Waals surface area contributed by atoms with Crippen molar-refractivity contribution in [2.75, 3.05) is 6.54 Å². The molecule has 2 amide bonds. The van der Waals surface area contributed by atoms with Crippen LogP contribution in [0.5, 0.6) is 0 Å². The molecule has 1 aromatic carbocycles. The van der Waals surface area contributed by atoms with E-state index in [1.165, 1.54) is 6.08 Å². The SMILES string of the molecule is C=CC(=O)NC1(CNC(=O)c2ccccc2-n2ccnn2)CCCCCC1. The van der Waals surface area contributed by atoms with Crippen LogP contribution in [0.15, 0.2) is 49.3 Å². The van der Waals surface area contributed by atoms with Crippen molar-refractivity contribution in [2.24, 2.45) is 0 Å². The first-order valence-electron chi connectivity index (χ1n) is 9.32. The predicted octanol–water partition coefficient (Wildman–Crippen LogP) is 2.39. The standard InChI is InChI=1S/C20H25N5O2/c1-2-18(26)23-20(11-7-3-4-8-12-20)15-21-19(27)16-9-5-6-10-17(16)25-14-13-22-24-25/h2,5-6,9-10,13-14H,1,3-4,7-8,11-12,15H2,(H,21,27)(H,23,26). The van der Waals surface area contributed by atoms with Gasteiger partial charge in [0.25, 0.3) is 5.91 Å². The van der Waals surface area contributed by atoms with Crippen LogP contribution in [0, 0.1) is 0 Å². The maximum atomic E-state index is 12.9. The maximum Gasteiger partial charge on any atom is 0.253 e. The summed E-state index contributed by atoms with van der Waals surface area (Å²) >= 11 is 0. The highest BCUT2D eigenvalue weighted by Gasteiger charge is 2.32. The zero-order valence-corrected chi connectivity index (χ0v) is 15.4. The normalized spacial score (nSPS) is 16.1. The number of aromatic nitrogens is 3. The van der Waals surface area contributed by atoms with Gasteiger partial charge < -0.3 is 10.6 Å². The van der Waals surface area contributed by atoms with Gasteiger partial charge in [0.05, 0.1) is 29.2 Å². The zero-order valence-electron chi connectivity index (χ0n) is 15.4. The highest BCUT2D eigenvalue weighted by Crippen LogP contribution is 2.27. The highest BCUT2D eigenvalue weighted by molar-refractivity contribution is 5.97. The third-order valence-electron chi connectivity index (χ3n) is 5.04. The van der Waals surface area contributed by atoms with Crippen LogP contribution in [0.1, 0.15) is 48.9 Å². The number of rotatable bonds is 6. The van der Waals surface area contributed by atoms with Crippen molar-refractivity contribution in [3.8, 4) is 5.69 Å². The molecule has 0 radical (unpaired) electrons. The van der Waals surface area contributed by atoms with Crippen molar-refractivity contribution in [2.45, 2.75) is 44.1 Å². The lowest BCUT2D eigenvalue weighted by Gasteiger charge is -2.34. The molecule has 7 nitrogen and oxygen atoms in total. The minimum absolute atomic E-state index is 0.197. The molecule has 27 heavy (non-hydrogen) atoms. The molecule has 2 aromatic rings. The molecule has 2 N–H and O–H groups in total. The van der Waals surface area contributed by atoms with E-state index >= 15 is 0 Å². The van der Waals surface area contributed by atoms with Crippen molar-refractivity contribution in [3.63, 3.8) is 0 Å². The van der Waals surface area contributed by atoms with E-state index in [0.717, 1.165) is 38.5 Å². The lowest BCUT2D eigenvalue weighted by molar-refractivity contribution is -0.118. The number of nitrogens with one attached hydrogen (secondary N) is 2. The molecule has 142 valence electrons. The molecule has 0 atom stereocenters. The first-order chi connectivity index (χ1) is 13.1. The Hall–Kier alpha value is -2.96. The first-order valence-corrected chi connectivity index (χ1v) is 9.32. The number of nitrogens with zero attached hydrogens (tertiary/aromatic N) is 3. The van der Waals surface area contributed by atoms with Crippen LogP contribution >= 0.6 is 0 Å². The first kappa shape index (κ1) is 18.8. The Morgan fingerprint density at radius 2 is 1.93 bits per heavy atom. The number of carbonyl (C=O) groups is 2. The van der Waals surface area contributed by atoms with Crippen LogP contribution in [0.4, 0.5) is 0 Å². The second kappa shape index (κ2) is 8.62. The number of hydrogen-bond acceptors (Lipinski definition) is 4. The fourth-order valence-corrected chi connectivity index (χ4v) is 3.61. The van der Waals surface area contributed by atoms with Gasteiger partial charge in [0, 0.05) is 6.54 Å². The number of para-hydroxylation sites is 1. The summed E-state index contributed by atoms with van der Waals surface area (Å²) < 4.78 is 1.57. The molecule has 0 spiro atoms. The lowest BCUT2D eigenvalue weighted by Crippen LogP contribution is -2.55. The smallest absolute Gasteiger partial charge is 0.253 e. The van der Waals surface area contributed by atoms with Crippen LogP contribution in [0.25, 0.3) is 5.69 Å². The number of amides is 2. The Bertz CT molecular complexity index is 792. The van der Waals surface area contributed by atoms with Gasteiger partial charge in [-0.1, -0.05) is 49.6 Å². The Kier molecular flexibility index (Phi) is 6.01. The Balaban J connectivity index is 1.77. The molecular weight excluding hydrogens is 342 g/mol. The molecule has 0 bridgehead atoms. The second-order valence-corrected chi connectivity index (χ2v) is 6.94. The third kappa shape index (κ3) is 4.61. The summed E-state index contributed by atoms with van der Waals surface area (Å²) in [6, 6.07) is 7.25. The van der Waals surface area contributed by atoms with Crippen molar-refractivity contribution in [1.82, 2.24) is 25.6 Å². The molecular formula is C20H25N5O2. The topological polar surface area (TPSA) is 88.9 Å². The monoisotopic (exact) mass is 367 g/mol. The fourth-order valence-electron chi connectivity index (χ4n) is 3.61. The summed E-state index contributed by atoms with van der Waals surface area (Å²) in [7, 11) is 0. The second-order valence-electron chi connectivity index (χ2n) is 6.94. The minimum atomic E-state index is -0.431. The van der Waals surface area contributed by atoms with Crippen molar-refractivity contribution >= 4 is 11.8 Å². The Labute approximate surface area is 158 Å². The van der Waals surface area contributed by atoms with Crippen LogP contribution < -0.4 is 10.6 Å². The summed E-state index contributed by atoms with van der Waals surface area (Å²) in [5.41, 5.74) is 0.749. The lowest BCUT2D eigenvalue weighted by atomic mass is 9.89. The molecule has 1 saturated carbocycles. The Morgan fingerprint density at radius 3 is 2.59 bits per heavy atom. The van der Waals surface area contributed by atoms with E-state index in [1.807, 2.05) is 18.2 Å². The number of hydrogen-bond donors (Lipinski definition) is 2. The van der Waals surface area contributed by atoms with E-state index in [4.69, 9.17) is 0 Å². The largest absolute Gasteiger partial charge is 0.350 e. The van der Waals surface area contributed by atoms with Gasteiger partial charge in [-0.3, -0.25) is 9.59 Å². The van der Waals surface area contributed by atoms with Gasteiger partial charge in [-0.15, -0.1) is 5.10 Å². The van der Waals surface area contributed by atoms with E-state index in [1.54, 1.807) is 23.1 Å². The molecule has 0 unspecified atom stereocenters. The molecule has 1 aliphatic rings. The fraction of sp³-hybridized carbons (Fsp3) is 0.400. The van der Waals surface area contributed by atoms with E-state index in [2.05, 4.69) is 27.5 Å². The molecule has 1 heterocycles. The quantitative estimate of drug-likeness (QED) is 0.606. The van der Waals surface area contributed by atoms with Crippen molar-refractivity contribution < 1.29 is 9.59 Å². The summed E-state index contributed by atoms with van der Waals surface area (Å²) in [6.07, 6.45) is 10.6. The van der Waals surface area contributed by atoms with Crippen LogP contribution in [0.3, 0.4) is 0 Å². The molecule has 1 aromatic heterocycles. The molecule has 0 aliphatic heterocycles. The van der Waals surface area contributed by atoms with E-state index < -0.39 is 5.54 Å². The van der Waals surface area contributed by atoms with Crippen LogP contribution in [0.2, 0.25) is 0 Å². The minimum Gasteiger partial charge on any atom is -0.350 e. The average molecular weight is 367 g/mol. The predicted molar refractivity (Wildman–Crippen MR) is 102 cm³/mol. The van der Waals surface area contributed by atoms with Crippen LogP contribution in [-0.4, -0.2) is 38.9 Å². The maximum absolute atomic E-state index is 12.9. The van der Waals surface area contributed by atoms with E-state index in [0.29, 0.717) is 17.8 Å². The average Bonchev–Trinajstić information content (AvgIpc) is 3.14. The third-order valence-corrected chi connectivity index (χ3v) is 5.04. The Morgan fingerprint density at radius 1 is 1.19 bits per heavy atom. The zero-order chi connectivity index (χ0) is 19.1. The highest BCUT2D eigenvalue weighted by atomic mass is 16.2. The van der Waals surface area contributed by atoms with Gasteiger partial charge in [-0.25, -0.2) is 4.68 Å². The molecule has 0 saturated heterocycles. The van der Waals surface area contributed by atoms with Gasteiger partial charge in [0.2, 0.25) is 5.91 Å². The van der Waals surface area contributed by atoms with Gasteiger partial charge >= 0.3 is 0 Å². The van der Waals surface area contributed by atoms with Crippen LogP contribution in [-0.2, 0) is 4.79 Å².